The fourth-order valence-corrected chi connectivity index (χ4v) is 4.27. The molecule has 30 heavy (non-hydrogen) atoms. The normalized spacial score (nSPS) is 17.6. The molecule has 1 amide bonds. The summed E-state index contributed by atoms with van der Waals surface area (Å²) in [6.07, 6.45) is 11.5. The van der Waals surface area contributed by atoms with Gasteiger partial charge in [-0.1, -0.05) is 23.8 Å². The fourth-order valence-electron chi connectivity index (χ4n) is 4.27. The number of aromatic nitrogens is 1. The van der Waals surface area contributed by atoms with Crippen molar-refractivity contribution in [2.45, 2.75) is 38.5 Å². The highest BCUT2D eigenvalue weighted by Gasteiger charge is 2.19. The molecule has 2 aromatic heterocycles. The second-order valence-corrected chi connectivity index (χ2v) is 7.89. The molecule has 5 heteroatoms. The van der Waals surface area contributed by atoms with Gasteiger partial charge in [-0.2, -0.15) is 0 Å². The number of furan rings is 1. The summed E-state index contributed by atoms with van der Waals surface area (Å²) >= 11 is 0. The zero-order valence-corrected chi connectivity index (χ0v) is 16.6. The van der Waals surface area contributed by atoms with Crippen LogP contribution in [0.1, 0.15) is 41.7 Å². The number of carbonyl (C=O) groups excluding carboxylic acids is 2. The van der Waals surface area contributed by atoms with Crippen molar-refractivity contribution in [3.63, 3.8) is 0 Å². The summed E-state index contributed by atoms with van der Waals surface area (Å²) in [5, 5.41) is 3.96. The van der Waals surface area contributed by atoms with Crippen LogP contribution < -0.4 is 5.32 Å². The van der Waals surface area contributed by atoms with Crippen LogP contribution in [-0.2, 0) is 28.9 Å². The van der Waals surface area contributed by atoms with Crippen LogP contribution in [0.2, 0.25) is 0 Å². The molecular formula is C25H22N2O3. The number of aryl methyl sites for hydroxylation is 2. The van der Waals surface area contributed by atoms with Crippen LogP contribution in [-0.4, -0.2) is 16.7 Å². The first-order valence-electron chi connectivity index (χ1n) is 10.4. The van der Waals surface area contributed by atoms with E-state index < -0.39 is 0 Å². The molecule has 150 valence electrons. The van der Waals surface area contributed by atoms with Crippen molar-refractivity contribution < 1.29 is 14.0 Å². The molecule has 0 saturated heterocycles. The zero-order chi connectivity index (χ0) is 20.5. The SMILES string of the molecule is O=C(/C=C/c1cnc2c(c1)CCC(=O)N2)/C=C1\CCCc2c(oc3ccccc23)C1. The van der Waals surface area contributed by atoms with Gasteiger partial charge in [0.15, 0.2) is 5.78 Å². The lowest BCUT2D eigenvalue weighted by molar-refractivity contribution is -0.116. The van der Waals surface area contributed by atoms with Gasteiger partial charge in [-0.3, -0.25) is 9.59 Å². The molecule has 1 aromatic carbocycles. The largest absolute Gasteiger partial charge is 0.460 e. The minimum atomic E-state index is -0.0319. The first-order chi connectivity index (χ1) is 14.7. The highest BCUT2D eigenvalue weighted by molar-refractivity contribution is 6.02. The van der Waals surface area contributed by atoms with Crippen LogP contribution in [0.25, 0.3) is 17.0 Å². The molecule has 0 spiro atoms. The summed E-state index contributed by atoms with van der Waals surface area (Å²) in [6.45, 7) is 0. The Morgan fingerprint density at radius 2 is 2.03 bits per heavy atom. The molecule has 0 radical (unpaired) electrons. The zero-order valence-electron chi connectivity index (χ0n) is 16.6. The number of rotatable bonds is 3. The van der Waals surface area contributed by atoms with Crippen LogP contribution >= 0.6 is 0 Å². The molecule has 5 rings (SSSR count). The molecule has 3 aromatic rings. The van der Waals surface area contributed by atoms with Crippen LogP contribution in [0.3, 0.4) is 0 Å². The average Bonchev–Trinajstić information content (AvgIpc) is 2.97. The maximum atomic E-state index is 12.5. The van der Waals surface area contributed by atoms with Gasteiger partial charge in [-0.25, -0.2) is 4.98 Å². The van der Waals surface area contributed by atoms with Crippen LogP contribution in [0.15, 0.2) is 58.7 Å². The minimum absolute atomic E-state index is 0.00361. The van der Waals surface area contributed by atoms with E-state index in [0.717, 1.165) is 47.3 Å². The number of anilines is 1. The lowest BCUT2D eigenvalue weighted by atomic mass is 10.0. The summed E-state index contributed by atoms with van der Waals surface area (Å²) < 4.78 is 6.06. The number of amides is 1. The first-order valence-corrected chi connectivity index (χ1v) is 10.4. The van der Waals surface area contributed by atoms with Crippen molar-refractivity contribution in [3.05, 3.63) is 76.7 Å². The Morgan fingerprint density at radius 3 is 2.97 bits per heavy atom. The van der Waals surface area contributed by atoms with Gasteiger partial charge in [0.1, 0.15) is 17.2 Å². The lowest BCUT2D eigenvalue weighted by Crippen LogP contribution is -2.20. The van der Waals surface area contributed by atoms with Gasteiger partial charge in [-0.05, 0) is 67.2 Å². The Bertz CT molecular complexity index is 1220. The van der Waals surface area contributed by atoms with E-state index in [-0.39, 0.29) is 11.7 Å². The van der Waals surface area contributed by atoms with E-state index in [2.05, 4.69) is 16.4 Å². The Kier molecular flexibility index (Phi) is 4.79. The van der Waals surface area contributed by atoms with E-state index in [0.29, 0.717) is 25.1 Å². The number of para-hydroxylation sites is 1. The third-order valence-electron chi connectivity index (χ3n) is 5.75. The molecule has 2 aliphatic rings. The summed E-state index contributed by atoms with van der Waals surface area (Å²) in [5.74, 6) is 1.57. The number of allylic oxidation sites excluding steroid dienone is 3. The molecule has 1 aliphatic heterocycles. The summed E-state index contributed by atoms with van der Waals surface area (Å²) in [4.78, 5) is 28.3. The van der Waals surface area contributed by atoms with Crippen LogP contribution in [0.4, 0.5) is 5.82 Å². The third kappa shape index (κ3) is 3.71. The van der Waals surface area contributed by atoms with Gasteiger partial charge in [0.25, 0.3) is 0 Å². The average molecular weight is 398 g/mol. The van der Waals surface area contributed by atoms with Gasteiger partial charge in [0, 0.05) is 30.0 Å². The van der Waals surface area contributed by atoms with Crippen molar-refractivity contribution in [1.29, 1.82) is 0 Å². The number of pyridine rings is 1. The molecule has 3 heterocycles. The molecule has 0 unspecified atom stereocenters. The maximum absolute atomic E-state index is 12.5. The number of carbonyl (C=O) groups is 2. The molecule has 0 atom stereocenters. The van der Waals surface area contributed by atoms with E-state index in [1.54, 1.807) is 24.4 Å². The van der Waals surface area contributed by atoms with Crippen molar-refractivity contribution in [2.75, 3.05) is 5.32 Å². The maximum Gasteiger partial charge on any atom is 0.225 e. The quantitative estimate of drug-likeness (QED) is 0.508. The molecule has 0 fully saturated rings. The molecule has 5 nitrogen and oxygen atoms in total. The van der Waals surface area contributed by atoms with Crippen molar-refractivity contribution in [3.8, 4) is 0 Å². The van der Waals surface area contributed by atoms with Gasteiger partial charge in [-0.15, -0.1) is 0 Å². The Morgan fingerprint density at radius 1 is 1.13 bits per heavy atom. The van der Waals surface area contributed by atoms with E-state index in [9.17, 15) is 9.59 Å². The Hall–Kier alpha value is -3.47. The highest BCUT2D eigenvalue weighted by atomic mass is 16.3. The number of fused-ring (bicyclic) bond motifs is 4. The Balaban J connectivity index is 1.32. The number of nitrogens with zero attached hydrogens (tertiary/aromatic N) is 1. The van der Waals surface area contributed by atoms with Crippen molar-refractivity contribution in [1.82, 2.24) is 4.98 Å². The second-order valence-electron chi connectivity index (χ2n) is 7.89. The monoisotopic (exact) mass is 398 g/mol. The fraction of sp³-hybridized carbons (Fsp3) is 0.240. The van der Waals surface area contributed by atoms with E-state index in [4.69, 9.17) is 4.42 Å². The predicted molar refractivity (Wildman–Crippen MR) is 116 cm³/mol. The van der Waals surface area contributed by atoms with Crippen molar-refractivity contribution in [2.24, 2.45) is 0 Å². The Labute approximate surface area is 174 Å². The van der Waals surface area contributed by atoms with Gasteiger partial charge in [0.2, 0.25) is 5.91 Å². The number of hydrogen-bond acceptors (Lipinski definition) is 4. The standard InChI is InChI=1S/C25H22N2O3/c28-19(10-8-17-12-18-9-11-24(29)27-25(18)26-15-17)13-16-4-3-6-21-20-5-1-2-7-22(20)30-23(21)14-16/h1-2,5,7-8,10,12-13,15H,3-4,6,9,11,14H2,(H,26,27,29)/b10-8+,16-13+. The molecule has 0 bridgehead atoms. The molecule has 1 aliphatic carbocycles. The van der Waals surface area contributed by atoms with Gasteiger partial charge in [0.05, 0.1) is 0 Å². The minimum Gasteiger partial charge on any atom is -0.460 e. The summed E-state index contributed by atoms with van der Waals surface area (Å²) in [5.41, 5.74) is 5.17. The predicted octanol–water partition coefficient (Wildman–Crippen LogP) is 4.80. The van der Waals surface area contributed by atoms with E-state index in [1.807, 2.05) is 24.3 Å². The van der Waals surface area contributed by atoms with E-state index >= 15 is 0 Å². The second kappa shape index (κ2) is 7.75. The number of benzene rings is 1. The van der Waals surface area contributed by atoms with Gasteiger partial charge >= 0.3 is 0 Å². The lowest BCUT2D eigenvalue weighted by Gasteiger charge is -2.15. The number of hydrogen-bond donors (Lipinski definition) is 1. The molecule has 1 N–H and O–H groups in total. The third-order valence-corrected chi connectivity index (χ3v) is 5.75. The summed E-state index contributed by atoms with van der Waals surface area (Å²) in [6, 6.07) is 10.1. The van der Waals surface area contributed by atoms with Gasteiger partial charge < -0.3 is 9.73 Å². The van der Waals surface area contributed by atoms with Crippen LogP contribution in [0.5, 0.6) is 0 Å². The topological polar surface area (TPSA) is 72.2 Å². The van der Waals surface area contributed by atoms with E-state index in [1.165, 1.54) is 10.9 Å². The highest BCUT2D eigenvalue weighted by Crippen LogP contribution is 2.32. The van der Waals surface area contributed by atoms with Crippen LogP contribution in [0, 0.1) is 0 Å². The smallest absolute Gasteiger partial charge is 0.225 e. The summed E-state index contributed by atoms with van der Waals surface area (Å²) in [7, 11) is 0. The first kappa shape index (κ1) is 18.6. The molecular weight excluding hydrogens is 376 g/mol. The molecule has 0 saturated carbocycles. The number of nitrogens with one attached hydrogen (secondary N) is 1. The number of ketones is 1. The van der Waals surface area contributed by atoms with Crippen molar-refractivity contribution >= 4 is 34.6 Å².